The second kappa shape index (κ2) is 7.22. The van der Waals surface area contributed by atoms with Crippen LogP contribution in [0, 0.1) is 0 Å². The van der Waals surface area contributed by atoms with Crippen molar-refractivity contribution >= 4 is 11.4 Å². The van der Waals surface area contributed by atoms with Crippen LogP contribution in [0.4, 0.5) is 11.4 Å². The number of fused-ring (bicyclic) bond motifs is 2. The summed E-state index contributed by atoms with van der Waals surface area (Å²) in [5.41, 5.74) is 5.35. The van der Waals surface area contributed by atoms with Gasteiger partial charge in [0, 0.05) is 6.54 Å². The van der Waals surface area contributed by atoms with Crippen LogP contribution in [0.15, 0.2) is 36.4 Å². The maximum absolute atomic E-state index is 6.46. The van der Waals surface area contributed by atoms with E-state index in [1.165, 1.54) is 35.3 Å². The van der Waals surface area contributed by atoms with Gasteiger partial charge in [0.15, 0.2) is 11.5 Å². The SMILES string of the molecule is CCCC(C)(C)c1ccc2c(c1)Oc1cc(C(C)(C)CC)ccc1N2CC. The lowest BCUT2D eigenvalue weighted by atomic mass is 9.80. The minimum absolute atomic E-state index is 0.153. The molecular formula is C25H35NO. The predicted octanol–water partition coefficient (Wildman–Crippen LogP) is 7.72. The number of hydrogen-bond donors (Lipinski definition) is 0. The molecule has 0 saturated carbocycles. The Labute approximate surface area is 165 Å². The van der Waals surface area contributed by atoms with Crippen LogP contribution in [0.3, 0.4) is 0 Å². The van der Waals surface area contributed by atoms with E-state index in [4.69, 9.17) is 4.74 Å². The lowest BCUT2D eigenvalue weighted by Gasteiger charge is -2.35. The van der Waals surface area contributed by atoms with Crippen molar-refractivity contribution in [2.75, 3.05) is 11.4 Å². The zero-order valence-electron chi connectivity index (χ0n) is 18.1. The first kappa shape index (κ1) is 19.8. The molecule has 27 heavy (non-hydrogen) atoms. The summed E-state index contributed by atoms with van der Waals surface area (Å²) in [6.07, 6.45) is 3.47. The monoisotopic (exact) mass is 365 g/mol. The average Bonchev–Trinajstić information content (AvgIpc) is 2.65. The van der Waals surface area contributed by atoms with Gasteiger partial charge in [-0.15, -0.1) is 0 Å². The molecule has 0 aromatic heterocycles. The fourth-order valence-electron chi connectivity index (χ4n) is 4.04. The molecule has 1 aliphatic rings. The smallest absolute Gasteiger partial charge is 0.151 e. The molecule has 0 spiro atoms. The van der Waals surface area contributed by atoms with Crippen molar-refractivity contribution < 1.29 is 4.74 Å². The third-order valence-corrected chi connectivity index (χ3v) is 6.36. The molecule has 146 valence electrons. The van der Waals surface area contributed by atoms with Gasteiger partial charge in [-0.3, -0.25) is 0 Å². The second-order valence-corrected chi connectivity index (χ2v) is 9.08. The summed E-state index contributed by atoms with van der Waals surface area (Å²) in [5, 5.41) is 0. The van der Waals surface area contributed by atoms with Crippen molar-refractivity contribution in [3.05, 3.63) is 47.5 Å². The maximum Gasteiger partial charge on any atom is 0.151 e. The number of rotatable bonds is 6. The van der Waals surface area contributed by atoms with E-state index in [2.05, 4.69) is 89.8 Å². The highest BCUT2D eigenvalue weighted by molar-refractivity contribution is 5.78. The van der Waals surface area contributed by atoms with Crippen molar-refractivity contribution in [3.8, 4) is 11.5 Å². The third-order valence-electron chi connectivity index (χ3n) is 6.36. The minimum Gasteiger partial charge on any atom is -0.453 e. The number of anilines is 2. The van der Waals surface area contributed by atoms with Crippen LogP contribution in [0.5, 0.6) is 11.5 Å². The average molecular weight is 366 g/mol. The molecule has 0 aliphatic carbocycles. The molecule has 0 saturated heterocycles. The minimum atomic E-state index is 0.153. The van der Waals surface area contributed by atoms with Crippen LogP contribution < -0.4 is 9.64 Å². The molecule has 0 bridgehead atoms. The van der Waals surface area contributed by atoms with Gasteiger partial charge in [-0.25, -0.2) is 0 Å². The summed E-state index contributed by atoms with van der Waals surface area (Å²) in [7, 11) is 0. The predicted molar refractivity (Wildman–Crippen MR) is 117 cm³/mol. The summed E-state index contributed by atoms with van der Waals surface area (Å²) in [6, 6.07) is 13.5. The topological polar surface area (TPSA) is 12.5 Å². The first-order valence-corrected chi connectivity index (χ1v) is 10.5. The third kappa shape index (κ3) is 3.59. The zero-order chi connectivity index (χ0) is 19.8. The fourth-order valence-corrected chi connectivity index (χ4v) is 4.04. The van der Waals surface area contributed by atoms with E-state index in [1.807, 2.05) is 0 Å². The van der Waals surface area contributed by atoms with Crippen molar-refractivity contribution in [2.45, 2.75) is 78.6 Å². The van der Waals surface area contributed by atoms with Crippen LogP contribution in [0.2, 0.25) is 0 Å². The van der Waals surface area contributed by atoms with E-state index >= 15 is 0 Å². The second-order valence-electron chi connectivity index (χ2n) is 9.08. The first-order valence-electron chi connectivity index (χ1n) is 10.5. The molecule has 0 fully saturated rings. The highest BCUT2D eigenvalue weighted by atomic mass is 16.5. The molecule has 2 nitrogen and oxygen atoms in total. The largest absolute Gasteiger partial charge is 0.453 e. The standard InChI is InChI=1S/C25H35NO/c1-8-15-25(6,7)19-12-14-21-23(17-19)27-22-16-18(24(4,5)9-2)11-13-20(22)26(21)10-3/h11-14,16-17H,8-10,15H2,1-7H3. The van der Waals surface area contributed by atoms with Gasteiger partial charge in [0.05, 0.1) is 11.4 Å². The van der Waals surface area contributed by atoms with Gasteiger partial charge in [0.1, 0.15) is 0 Å². The van der Waals surface area contributed by atoms with E-state index in [-0.39, 0.29) is 10.8 Å². The van der Waals surface area contributed by atoms with Gasteiger partial charge >= 0.3 is 0 Å². The van der Waals surface area contributed by atoms with Crippen molar-refractivity contribution in [1.82, 2.24) is 0 Å². The van der Waals surface area contributed by atoms with Gasteiger partial charge < -0.3 is 9.64 Å². The summed E-state index contributed by atoms with van der Waals surface area (Å²) < 4.78 is 6.46. The molecule has 2 heteroatoms. The van der Waals surface area contributed by atoms with Crippen LogP contribution >= 0.6 is 0 Å². The summed E-state index contributed by atoms with van der Waals surface area (Å²) in [5.74, 6) is 1.96. The van der Waals surface area contributed by atoms with E-state index in [0.29, 0.717) is 0 Å². The Hall–Kier alpha value is -1.96. The fraction of sp³-hybridized carbons (Fsp3) is 0.520. The number of hydrogen-bond acceptors (Lipinski definition) is 2. The van der Waals surface area contributed by atoms with Crippen molar-refractivity contribution in [1.29, 1.82) is 0 Å². The summed E-state index contributed by atoms with van der Waals surface area (Å²) in [6.45, 7) is 16.9. The van der Waals surface area contributed by atoms with Crippen LogP contribution in [-0.4, -0.2) is 6.54 Å². The normalized spacial score (nSPS) is 13.8. The van der Waals surface area contributed by atoms with Crippen molar-refractivity contribution in [3.63, 3.8) is 0 Å². The highest BCUT2D eigenvalue weighted by Crippen LogP contribution is 2.49. The Bertz CT molecular complexity index is 819. The highest BCUT2D eigenvalue weighted by Gasteiger charge is 2.28. The molecule has 2 aromatic carbocycles. The molecule has 0 radical (unpaired) electrons. The van der Waals surface area contributed by atoms with E-state index in [1.54, 1.807) is 0 Å². The Kier molecular flexibility index (Phi) is 5.29. The molecule has 1 heterocycles. The molecule has 3 rings (SSSR count). The van der Waals surface area contributed by atoms with Crippen molar-refractivity contribution in [2.24, 2.45) is 0 Å². The maximum atomic E-state index is 6.46. The van der Waals surface area contributed by atoms with Gasteiger partial charge in [-0.1, -0.05) is 60.1 Å². The van der Waals surface area contributed by atoms with Gasteiger partial charge in [0.25, 0.3) is 0 Å². The van der Waals surface area contributed by atoms with Gasteiger partial charge in [0.2, 0.25) is 0 Å². The number of nitrogens with zero attached hydrogens (tertiary/aromatic N) is 1. The summed E-state index contributed by atoms with van der Waals surface area (Å²) in [4.78, 5) is 2.37. The lowest BCUT2D eigenvalue weighted by molar-refractivity contribution is 0.450. The van der Waals surface area contributed by atoms with Crippen LogP contribution in [0.25, 0.3) is 0 Å². The van der Waals surface area contributed by atoms with Crippen LogP contribution in [0.1, 0.15) is 78.9 Å². The molecule has 0 amide bonds. The molecule has 0 unspecified atom stereocenters. The lowest BCUT2D eigenvalue weighted by Crippen LogP contribution is -2.23. The Morgan fingerprint density at radius 1 is 0.778 bits per heavy atom. The van der Waals surface area contributed by atoms with Gasteiger partial charge in [-0.2, -0.15) is 0 Å². The Morgan fingerprint density at radius 2 is 1.30 bits per heavy atom. The first-order chi connectivity index (χ1) is 12.7. The summed E-state index contributed by atoms with van der Waals surface area (Å²) >= 11 is 0. The Balaban J connectivity index is 2.06. The van der Waals surface area contributed by atoms with E-state index < -0.39 is 0 Å². The van der Waals surface area contributed by atoms with Crippen LogP contribution in [-0.2, 0) is 10.8 Å². The number of benzene rings is 2. The molecule has 0 atom stereocenters. The quantitative estimate of drug-likeness (QED) is 0.519. The molecule has 1 aliphatic heterocycles. The Morgan fingerprint density at radius 3 is 1.74 bits per heavy atom. The number of ether oxygens (including phenoxy) is 1. The van der Waals surface area contributed by atoms with E-state index in [9.17, 15) is 0 Å². The molecule has 2 aromatic rings. The zero-order valence-corrected chi connectivity index (χ0v) is 18.1. The molecule has 0 N–H and O–H groups in total. The van der Waals surface area contributed by atoms with E-state index in [0.717, 1.165) is 24.5 Å². The van der Waals surface area contributed by atoms with Gasteiger partial charge in [-0.05, 0) is 66.0 Å². The molecular weight excluding hydrogens is 330 g/mol.